The van der Waals surface area contributed by atoms with Gasteiger partial charge in [-0.3, -0.25) is 19.2 Å². The van der Waals surface area contributed by atoms with E-state index in [-0.39, 0.29) is 34.6 Å². The van der Waals surface area contributed by atoms with Crippen molar-refractivity contribution >= 4 is 23.1 Å². The number of ether oxygens (including phenoxy) is 8. The molecule has 0 aromatic rings. The van der Waals surface area contributed by atoms with Crippen molar-refractivity contribution in [2.75, 3.05) is 106 Å². The van der Waals surface area contributed by atoms with E-state index >= 15 is 0 Å². The molecule has 1 atom stereocenters. The van der Waals surface area contributed by atoms with Gasteiger partial charge in [0.1, 0.15) is 11.6 Å². The van der Waals surface area contributed by atoms with Crippen molar-refractivity contribution in [3.63, 3.8) is 0 Å². The predicted octanol–water partition coefficient (Wildman–Crippen LogP) is 2.11. The Morgan fingerprint density at radius 3 is 1.30 bits per heavy atom. The van der Waals surface area contributed by atoms with Crippen LogP contribution in [0.4, 0.5) is 0 Å². The molecule has 0 aromatic carbocycles. The monoisotopic (exact) mass is 614 g/mol. The molecule has 12 heteroatoms. The van der Waals surface area contributed by atoms with Crippen LogP contribution in [0, 0.1) is 5.92 Å². The van der Waals surface area contributed by atoms with E-state index in [2.05, 4.69) is 0 Å². The summed E-state index contributed by atoms with van der Waals surface area (Å²) in [7, 11) is 0. The summed E-state index contributed by atoms with van der Waals surface area (Å²) in [6, 6.07) is 0. The molecule has 0 amide bonds. The first kappa shape index (κ1) is 38.9. The normalized spacial score (nSPS) is 13.7. The van der Waals surface area contributed by atoms with Gasteiger partial charge in [-0.1, -0.05) is 13.0 Å². The maximum Gasteiger partial charge on any atom is 0.189 e. The quantitative estimate of drug-likeness (QED) is 0.0641. The molecule has 1 rings (SSSR count). The zero-order valence-electron chi connectivity index (χ0n) is 25.9. The van der Waals surface area contributed by atoms with Crippen LogP contribution in [0.5, 0.6) is 0 Å². The van der Waals surface area contributed by atoms with Gasteiger partial charge in [0.05, 0.1) is 105 Å². The van der Waals surface area contributed by atoms with Gasteiger partial charge in [-0.25, -0.2) is 0 Å². The molecule has 0 bridgehead atoms. The molecule has 0 fully saturated rings. The van der Waals surface area contributed by atoms with Crippen molar-refractivity contribution in [2.45, 2.75) is 39.5 Å². The van der Waals surface area contributed by atoms with E-state index < -0.39 is 0 Å². The Bertz CT molecular complexity index is 819. The molecule has 43 heavy (non-hydrogen) atoms. The molecule has 1 unspecified atom stereocenters. The second-order valence-corrected chi connectivity index (χ2v) is 9.73. The minimum Gasteiger partial charge on any atom is -0.379 e. The third-order valence-corrected chi connectivity index (χ3v) is 6.10. The summed E-state index contributed by atoms with van der Waals surface area (Å²) in [6.45, 7) is 10.9. The highest BCUT2D eigenvalue weighted by Crippen LogP contribution is 2.13. The van der Waals surface area contributed by atoms with Crippen LogP contribution in [-0.4, -0.2) is 129 Å². The molecule has 246 valence electrons. The molecular weight excluding hydrogens is 564 g/mol. The lowest BCUT2D eigenvalue weighted by Crippen LogP contribution is -2.16. The van der Waals surface area contributed by atoms with Crippen LogP contribution in [0.25, 0.3) is 0 Å². The van der Waals surface area contributed by atoms with E-state index in [1.807, 2.05) is 6.92 Å². The van der Waals surface area contributed by atoms with Crippen LogP contribution in [0.3, 0.4) is 0 Å². The van der Waals surface area contributed by atoms with Crippen molar-refractivity contribution in [1.82, 2.24) is 0 Å². The van der Waals surface area contributed by atoms with Crippen molar-refractivity contribution in [3.8, 4) is 0 Å². The Hall–Kier alpha value is -2.16. The minimum atomic E-state index is -0.292. The fraction of sp³-hybridized carbons (Fsp3) is 0.742. The van der Waals surface area contributed by atoms with Crippen LogP contribution in [0.2, 0.25) is 0 Å². The fourth-order valence-electron chi connectivity index (χ4n) is 3.54. The molecule has 12 nitrogen and oxygen atoms in total. The lowest BCUT2D eigenvalue weighted by molar-refractivity contribution is -0.123. The second kappa shape index (κ2) is 27.4. The third-order valence-electron chi connectivity index (χ3n) is 6.10. The average molecular weight is 615 g/mol. The van der Waals surface area contributed by atoms with E-state index in [0.29, 0.717) is 131 Å². The highest BCUT2D eigenvalue weighted by molar-refractivity contribution is 6.33. The highest BCUT2D eigenvalue weighted by Gasteiger charge is 2.20. The van der Waals surface area contributed by atoms with Gasteiger partial charge in [0.15, 0.2) is 11.6 Å². The van der Waals surface area contributed by atoms with Crippen LogP contribution in [0.1, 0.15) is 39.5 Å². The van der Waals surface area contributed by atoms with Crippen LogP contribution >= 0.6 is 0 Å². The van der Waals surface area contributed by atoms with Crippen molar-refractivity contribution in [1.29, 1.82) is 0 Å². The Morgan fingerprint density at radius 1 is 0.581 bits per heavy atom. The van der Waals surface area contributed by atoms with Gasteiger partial charge in [0.2, 0.25) is 0 Å². The molecule has 0 aromatic heterocycles. The average Bonchev–Trinajstić information content (AvgIpc) is 3.30. The Labute approximate surface area is 255 Å². The van der Waals surface area contributed by atoms with E-state index in [4.69, 9.17) is 37.9 Å². The maximum atomic E-state index is 12.2. The molecule has 0 aliphatic heterocycles. The topological polar surface area (TPSA) is 142 Å². The molecule has 0 N–H and O–H groups in total. The van der Waals surface area contributed by atoms with Gasteiger partial charge in [0.25, 0.3) is 0 Å². The summed E-state index contributed by atoms with van der Waals surface area (Å²) in [4.78, 5) is 46.0. The van der Waals surface area contributed by atoms with Crippen molar-refractivity contribution < 1.29 is 57.1 Å². The Balaban J connectivity index is 1.74. The molecule has 1 aliphatic carbocycles. The van der Waals surface area contributed by atoms with Gasteiger partial charge >= 0.3 is 0 Å². The SMILES string of the molecule is CC(=O)CCOCCOCCOCCOCCOCCOCCOCCOCCC(C)C(=O)CCC=C1C(=O)C=CC1=O. The molecule has 0 saturated heterocycles. The number of Topliss-reactive ketones (excluding diaryl/α,β-unsaturated/α-hetero) is 2. The second-order valence-electron chi connectivity index (χ2n) is 9.73. The van der Waals surface area contributed by atoms with Crippen LogP contribution < -0.4 is 0 Å². The van der Waals surface area contributed by atoms with Crippen LogP contribution in [0.15, 0.2) is 23.8 Å². The van der Waals surface area contributed by atoms with E-state index in [1.165, 1.54) is 12.2 Å². The largest absolute Gasteiger partial charge is 0.379 e. The smallest absolute Gasteiger partial charge is 0.189 e. The standard InChI is InChI=1S/C31H50O12/c1-26(29(33)5-3-4-28-30(34)6-7-31(28)35)8-10-36-12-14-38-16-18-40-20-22-42-24-25-43-23-21-41-19-17-39-15-13-37-11-9-27(2)32/h4,6-7,26H,3,5,8-25H2,1-2H3. The number of hydrogen-bond donors (Lipinski definition) is 0. The number of carbonyl (C=O) groups is 4. The van der Waals surface area contributed by atoms with Gasteiger partial charge < -0.3 is 37.9 Å². The number of hydrogen-bond acceptors (Lipinski definition) is 12. The lowest BCUT2D eigenvalue weighted by atomic mass is 9.98. The van der Waals surface area contributed by atoms with Gasteiger partial charge in [-0.05, 0) is 31.9 Å². The lowest BCUT2D eigenvalue weighted by Gasteiger charge is -2.11. The first-order chi connectivity index (χ1) is 20.9. The highest BCUT2D eigenvalue weighted by atomic mass is 16.6. The summed E-state index contributed by atoms with van der Waals surface area (Å²) in [5, 5.41) is 0. The summed E-state index contributed by atoms with van der Waals surface area (Å²) in [6.07, 6.45) is 5.78. The first-order valence-corrected chi connectivity index (χ1v) is 15.0. The first-order valence-electron chi connectivity index (χ1n) is 15.0. The number of ketones is 4. The number of allylic oxidation sites excluding steroid dienone is 4. The number of carbonyl (C=O) groups excluding carboxylic acids is 4. The van der Waals surface area contributed by atoms with Crippen molar-refractivity contribution in [2.24, 2.45) is 5.92 Å². The van der Waals surface area contributed by atoms with Gasteiger partial charge in [-0.15, -0.1) is 0 Å². The number of rotatable bonds is 31. The van der Waals surface area contributed by atoms with Crippen LogP contribution in [-0.2, 0) is 57.1 Å². The summed E-state index contributed by atoms with van der Waals surface area (Å²) in [5.41, 5.74) is 0.156. The minimum absolute atomic E-state index is 0.0847. The maximum absolute atomic E-state index is 12.2. The molecule has 0 saturated carbocycles. The summed E-state index contributed by atoms with van der Waals surface area (Å²) >= 11 is 0. The third kappa shape index (κ3) is 23.0. The Morgan fingerprint density at radius 2 is 0.930 bits per heavy atom. The van der Waals surface area contributed by atoms with Crippen molar-refractivity contribution in [3.05, 3.63) is 23.8 Å². The molecule has 0 spiro atoms. The fourth-order valence-corrected chi connectivity index (χ4v) is 3.54. The summed E-state index contributed by atoms with van der Waals surface area (Å²) < 4.78 is 43.4. The van der Waals surface area contributed by atoms with E-state index in [0.717, 1.165) is 0 Å². The molecule has 0 radical (unpaired) electrons. The zero-order valence-corrected chi connectivity index (χ0v) is 25.9. The Kier molecular flexibility index (Phi) is 24.8. The molecular formula is C31H50O12. The predicted molar refractivity (Wildman–Crippen MR) is 157 cm³/mol. The molecule has 0 heterocycles. The molecule has 1 aliphatic rings. The van der Waals surface area contributed by atoms with E-state index in [9.17, 15) is 19.2 Å². The van der Waals surface area contributed by atoms with E-state index in [1.54, 1.807) is 13.0 Å². The summed E-state index contributed by atoms with van der Waals surface area (Å²) in [5.74, 6) is -0.532. The van der Waals surface area contributed by atoms with Gasteiger partial charge in [-0.2, -0.15) is 0 Å². The zero-order chi connectivity index (χ0) is 31.4. The van der Waals surface area contributed by atoms with Gasteiger partial charge in [0, 0.05) is 25.4 Å².